The number of fused-ring (bicyclic) bond motifs is 1. The highest BCUT2D eigenvalue weighted by Gasteiger charge is 2.55. The number of hydrogen-bond acceptors (Lipinski definition) is 7. The first-order valence-electron chi connectivity index (χ1n) is 7.52. The number of benzene rings is 1. The molecule has 0 radical (unpaired) electrons. The first-order valence-corrected chi connectivity index (χ1v) is 7.52. The lowest BCUT2D eigenvalue weighted by atomic mass is 9.96. The number of nitrogens with zero attached hydrogens (tertiary/aromatic N) is 1. The van der Waals surface area contributed by atoms with Crippen molar-refractivity contribution >= 4 is 0 Å². The van der Waals surface area contributed by atoms with Crippen molar-refractivity contribution in [3.63, 3.8) is 0 Å². The van der Waals surface area contributed by atoms with Gasteiger partial charge in [0.05, 0.1) is 6.61 Å². The molecule has 0 saturated carbocycles. The van der Waals surface area contributed by atoms with Crippen molar-refractivity contribution in [1.29, 1.82) is 0 Å². The molecule has 1 N–H and O–H groups in total. The third kappa shape index (κ3) is 3.22. The Morgan fingerprint density at radius 3 is 2.74 bits per heavy atom. The normalized spacial score (nSPS) is 37.1. The summed E-state index contributed by atoms with van der Waals surface area (Å²) in [7, 11) is 0. The van der Waals surface area contributed by atoms with Crippen LogP contribution in [0.25, 0.3) is 0 Å². The Morgan fingerprint density at radius 1 is 1.35 bits per heavy atom. The van der Waals surface area contributed by atoms with Crippen LogP contribution in [0.1, 0.15) is 18.8 Å². The second-order valence-electron chi connectivity index (χ2n) is 5.44. The molecular formula is C15H19NO7. The van der Waals surface area contributed by atoms with E-state index in [0.29, 0.717) is 0 Å². The van der Waals surface area contributed by atoms with E-state index in [-0.39, 0.29) is 13.2 Å². The lowest BCUT2D eigenvalue weighted by Gasteiger charge is -2.44. The van der Waals surface area contributed by atoms with Gasteiger partial charge in [0.25, 0.3) is 6.04 Å². The Labute approximate surface area is 133 Å². The Kier molecular flexibility index (Phi) is 4.88. The van der Waals surface area contributed by atoms with Gasteiger partial charge in [-0.05, 0) is 6.92 Å². The summed E-state index contributed by atoms with van der Waals surface area (Å²) < 4.78 is 22.2. The molecule has 0 bridgehead atoms. The molecule has 3 rings (SSSR count). The predicted molar refractivity (Wildman–Crippen MR) is 77.1 cm³/mol. The van der Waals surface area contributed by atoms with Crippen molar-refractivity contribution in [1.82, 2.24) is 0 Å². The number of hydrogen-bond donors (Lipinski definition) is 1. The van der Waals surface area contributed by atoms with Gasteiger partial charge in [0, 0.05) is 17.1 Å². The standard InChI is InChI=1S/C15H19NO7/c1-2-20-15-11(16(18)19)12(17)13-10(22-15)8-21-14(23-13)9-6-4-3-5-7-9/h3-7,10-15,17H,2,8H2,1H3/t10-,11-,12-,13-,14-,15+/m1/s1. The molecule has 2 fully saturated rings. The van der Waals surface area contributed by atoms with Crippen molar-refractivity contribution in [2.45, 2.75) is 43.9 Å². The van der Waals surface area contributed by atoms with Gasteiger partial charge in [0.15, 0.2) is 12.4 Å². The molecule has 0 aromatic heterocycles. The molecule has 23 heavy (non-hydrogen) atoms. The van der Waals surface area contributed by atoms with E-state index in [9.17, 15) is 15.2 Å². The highest BCUT2D eigenvalue weighted by molar-refractivity contribution is 5.16. The van der Waals surface area contributed by atoms with Crippen LogP contribution >= 0.6 is 0 Å². The van der Waals surface area contributed by atoms with Crippen molar-refractivity contribution in [3.05, 3.63) is 46.0 Å². The quantitative estimate of drug-likeness (QED) is 0.647. The summed E-state index contributed by atoms with van der Waals surface area (Å²) in [5.41, 5.74) is 0.780. The van der Waals surface area contributed by atoms with E-state index >= 15 is 0 Å². The highest BCUT2D eigenvalue weighted by atomic mass is 16.8. The second-order valence-corrected chi connectivity index (χ2v) is 5.44. The summed E-state index contributed by atoms with van der Waals surface area (Å²) in [4.78, 5) is 10.7. The number of ether oxygens (including phenoxy) is 4. The molecule has 1 aromatic carbocycles. The third-order valence-electron chi connectivity index (χ3n) is 3.98. The maximum absolute atomic E-state index is 11.3. The maximum atomic E-state index is 11.3. The monoisotopic (exact) mass is 325 g/mol. The van der Waals surface area contributed by atoms with E-state index in [1.807, 2.05) is 30.3 Å². The van der Waals surface area contributed by atoms with Gasteiger partial charge in [0.2, 0.25) is 6.29 Å². The minimum absolute atomic E-state index is 0.162. The largest absolute Gasteiger partial charge is 0.383 e. The Balaban J connectivity index is 1.78. The average molecular weight is 325 g/mol. The molecule has 0 aliphatic carbocycles. The molecular weight excluding hydrogens is 306 g/mol. The zero-order chi connectivity index (χ0) is 16.4. The fourth-order valence-corrected chi connectivity index (χ4v) is 2.88. The van der Waals surface area contributed by atoms with Gasteiger partial charge in [-0.15, -0.1) is 0 Å². The van der Waals surface area contributed by atoms with Crippen LogP contribution < -0.4 is 0 Å². The fraction of sp³-hybridized carbons (Fsp3) is 0.600. The summed E-state index contributed by atoms with van der Waals surface area (Å²) in [6.07, 6.45) is -4.60. The van der Waals surface area contributed by atoms with Gasteiger partial charge in [-0.1, -0.05) is 30.3 Å². The van der Waals surface area contributed by atoms with Gasteiger partial charge in [-0.25, -0.2) is 0 Å². The molecule has 2 saturated heterocycles. The lowest BCUT2D eigenvalue weighted by Crippen LogP contribution is -2.64. The SMILES string of the molecule is CCO[C@H]1O[C@@H]2CO[C@@H](c3ccccc3)O[C@H]2[C@H](O)[C@H]1[N+](=O)[O-]. The average Bonchev–Trinajstić information content (AvgIpc) is 2.55. The lowest BCUT2D eigenvalue weighted by molar-refractivity contribution is -0.578. The van der Waals surface area contributed by atoms with Gasteiger partial charge in [-0.2, -0.15) is 0 Å². The van der Waals surface area contributed by atoms with Crippen LogP contribution in [0.2, 0.25) is 0 Å². The molecule has 8 nitrogen and oxygen atoms in total. The van der Waals surface area contributed by atoms with Gasteiger partial charge < -0.3 is 24.1 Å². The predicted octanol–water partition coefficient (Wildman–Crippen LogP) is 0.868. The first-order chi connectivity index (χ1) is 11.1. The Morgan fingerprint density at radius 2 is 2.09 bits per heavy atom. The molecule has 6 atom stereocenters. The molecule has 126 valence electrons. The van der Waals surface area contributed by atoms with Crippen LogP contribution in [0.3, 0.4) is 0 Å². The van der Waals surface area contributed by atoms with E-state index < -0.39 is 41.9 Å². The molecule has 1 aromatic rings. The zero-order valence-corrected chi connectivity index (χ0v) is 12.6. The minimum atomic E-state index is -1.40. The van der Waals surface area contributed by atoms with E-state index in [4.69, 9.17) is 18.9 Å². The van der Waals surface area contributed by atoms with Crippen molar-refractivity contribution in [2.75, 3.05) is 13.2 Å². The van der Waals surface area contributed by atoms with Crippen LogP contribution in [-0.2, 0) is 18.9 Å². The van der Waals surface area contributed by atoms with E-state index in [1.54, 1.807) is 6.92 Å². The molecule has 0 amide bonds. The van der Waals surface area contributed by atoms with Gasteiger partial charge in [-0.3, -0.25) is 10.1 Å². The van der Waals surface area contributed by atoms with E-state index in [0.717, 1.165) is 5.56 Å². The van der Waals surface area contributed by atoms with Crippen LogP contribution in [0.5, 0.6) is 0 Å². The van der Waals surface area contributed by atoms with Crippen LogP contribution in [0.4, 0.5) is 0 Å². The van der Waals surface area contributed by atoms with Crippen LogP contribution in [0.15, 0.2) is 30.3 Å². The third-order valence-corrected chi connectivity index (χ3v) is 3.98. The second kappa shape index (κ2) is 6.90. The molecule has 0 spiro atoms. The number of nitro groups is 1. The summed E-state index contributed by atoms with van der Waals surface area (Å²) >= 11 is 0. The van der Waals surface area contributed by atoms with Gasteiger partial charge >= 0.3 is 0 Å². The van der Waals surface area contributed by atoms with Crippen LogP contribution in [0, 0.1) is 10.1 Å². The maximum Gasteiger partial charge on any atom is 0.291 e. The minimum Gasteiger partial charge on any atom is -0.383 e. The number of rotatable bonds is 4. The van der Waals surface area contributed by atoms with Crippen molar-refractivity contribution in [2.24, 2.45) is 0 Å². The summed E-state index contributed by atoms with van der Waals surface area (Å²) in [5, 5.41) is 21.7. The molecule has 0 unspecified atom stereocenters. The van der Waals surface area contributed by atoms with E-state index in [2.05, 4.69) is 0 Å². The molecule has 8 heteroatoms. The first kappa shape index (κ1) is 16.3. The number of aliphatic hydroxyl groups is 1. The molecule has 2 aliphatic rings. The summed E-state index contributed by atoms with van der Waals surface area (Å²) in [5.74, 6) is 0. The topological polar surface area (TPSA) is 100 Å². The van der Waals surface area contributed by atoms with E-state index in [1.165, 1.54) is 0 Å². The van der Waals surface area contributed by atoms with Crippen molar-refractivity contribution < 1.29 is 29.0 Å². The smallest absolute Gasteiger partial charge is 0.291 e. The van der Waals surface area contributed by atoms with Crippen LogP contribution in [-0.4, -0.2) is 53.9 Å². The zero-order valence-electron chi connectivity index (χ0n) is 12.6. The van der Waals surface area contributed by atoms with Crippen molar-refractivity contribution in [3.8, 4) is 0 Å². The summed E-state index contributed by atoms with van der Waals surface area (Å²) in [6.45, 7) is 2.11. The number of aliphatic hydroxyl groups excluding tert-OH is 1. The fourth-order valence-electron chi connectivity index (χ4n) is 2.88. The Bertz CT molecular complexity index is 540. The summed E-state index contributed by atoms with van der Waals surface area (Å²) in [6, 6.07) is 7.80. The highest BCUT2D eigenvalue weighted by Crippen LogP contribution is 2.34. The molecule has 2 heterocycles. The molecule has 2 aliphatic heterocycles. The van der Waals surface area contributed by atoms with Gasteiger partial charge in [0.1, 0.15) is 12.2 Å². The Hall–Kier alpha value is -1.58.